The summed E-state index contributed by atoms with van der Waals surface area (Å²) in [5.41, 5.74) is 0. The van der Waals surface area contributed by atoms with Crippen molar-refractivity contribution >= 4 is 5.91 Å². The number of rotatable bonds is 5. The molecule has 0 aromatic rings. The number of nitrogens with one attached hydrogen (secondary N) is 1. The molecule has 5 nitrogen and oxygen atoms in total. The molecule has 86 valence electrons. The van der Waals surface area contributed by atoms with E-state index in [0.717, 1.165) is 0 Å². The van der Waals surface area contributed by atoms with E-state index >= 15 is 0 Å². The van der Waals surface area contributed by atoms with Crippen LogP contribution in [0.1, 0.15) is 19.8 Å². The van der Waals surface area contributed by atoms with E-state index in [2.05, 4.69) is 5.32 Å². The Kier molecular flexibility index (Phi) is 4.97. The Labute approximate surface area is 89.1 Å². The van der Waals surface area contributed by atoms with Crippen molar-refractivity contribution in [3.8, 4) is 0 Å². The van der Waals surface area contributed by atoms with Crippen molar-refractivity contribution in [2.75, 3.05) is 19.8 Å². The topological polar surface area (TPSA) is 67.8 Å². The first-order chi connectivity index (χ1) is 7.24. The average molecular weight is 215 g/mol. The minimum Gasteiger partial charge on any atom is -0.494 e. The van der Waals surface area contributed by atoms with Crippen LogP contribution in [-0.2, 0) is 14.3 Å². The van der Waals surface area contributed by atoms with Gasteiger partial charge in [-0.15, -0.1) is 0 Å². The van der Waals surface area contributed by atoms with Crippen molar-refractivity contribution in [2.24, 2.45) is 0 Å². The largest absolute Gasteiger partial charge is 0.494 e. The number of aliphatic hydroxyl groups excluding tert-OH is 1. The molecule has 0 aromatic carbocycles. The molecule has 0 aliphatic carbocycles. The van der Waals surface area contributed by atoms with Gasteiger partial charge in [0.05, 0.1) is 6.10 Å². The van der Waals surface area contributed by atoms with Crippen molar-refractivity contribution < 1.29 is 19.4 Å². The summed E-state index contributed by atoms with van der Waals surface area (Å²) in [6.07, 6.45) is 2.20. The van der Waals surface area contributed by atoms with Gasteiger partial charge in [-0.2, -0.15) is 0 Å². The maximum absolute atomic E-state index is 11.4. The molecule has 5 heteroatoms. The van der Waals surface area contributed by atoms with E-state index in [0.29, 0.717) is 32.6 Å². The fourth-order valence-electron chi connectivity index (χ4n) is 1.13. The molecular formula is C10H17NO4. The molecule has 0 saturated heterocycles. The van der Waals surface area contributed by atoms with E-state index in [1.807, 2.05) is 6.92 Å². The number of hydrogen-bond donors (Lipinski definition) is 2. The van der Waals surface area contributed by atoms with Crippen molar-refractivity contribution in [3.63, 3.8) is 0 Å². The zero-order valence-electron chi connectivity index (χ0n) is 8.86. The Morgan fingerprint density at radius 2 is 2.47 bits per heavy atom. The van der Waals surface area contributed by atoms with Gasteiger partial charge in [-0.05, 0) is 12.8 Å². The van der Waals surface area contributed by atoms with Crippen molar-refractivity contribution in [1.29, 1.82) is 0 Å². The predicted molar refractivity (Wildman–Crippen MR) is 53.9 cm³/mol. The summed E-state index contributed by atoms with van der Waals surface area (Å²) in [4.78, 5) is 11.4. The van der Waals surface area contributed by atoms with E-state index < -0.39 is 0 Å². The maximum atomic E-state index is 11.4. The average Bonchev–Trinajstić information content (AvgIpc) is 2.29. The Balaban J connectivity index is 2.20. The molecule has 1 aliphatic rings. The van der Waals surface area contributed by atoms with Crippen LogP contribution in [0.15, 0.2) is 12.0 Å². The number of carbonyl (C=O) groups excluding carboxylic acids is 1. The molecule has 1 rings (SSSR count). The van der Waals surface area contributed by atoms with Crippen molar-refractivity contribution in [2.45, 2.75) is 25.9 Å². The normalized spacial score (nSPS) is 17.1. The lowest BCUT2D eigenvalue weighted by Gasteiger charge is -2.15. The lowest BCUT2D eigenvalue weighted by atomic mass is 10.2. The first kappa shape index (κ1) is 11.8. The first-order valence-electron chi connectivity index (χ1n) is 5.15. The molecule has 1 amide bonds. The van der Waals surface area contributed by atoms with E-state index in [1.165, 1.54) is 6.26 Å². The molecule has 2 N–H and O–H groups in total. The first-order valence-corrected chi connectivity index (χ1v) is 5.15. The van der Waals surface area contributed by atoms with E-state index in [-0.39, 0.29) is 17.8 Å². The molecule has 1 unspecified atom stereocenters. The molecule has 0 bridgehead atoms. The fraction of sp³-hybridized carbons (Fsp3) is 0.700. The molecule has 0 saturated carbocycles. The molecule has 0 fully saturated rings. The quantitative estimate of drug-likeness (QED) is 0.685. The fourth-order valence-corrected chi connectivity index (χ4v) is 1.13. The number of ether oxygens (including phenoxy) is 2. The molecule has 0 aromatic heterocycles. The highest BCUT2D eigenvalue weighted by atomic mass is 16.6. The SMILES string of the molecule is CCC(O)CCNC(=O)C1=COCCO1. The zero-order chi connectivity index (χ0) is 11.1. The summed E-state index contributed by atoms with van der Waals surface area (Å²) in [5, 5.41) is 11.9. The molecule has 1 heterocycles. The van der Waals surface area contributed by atoms with Gasteiger partial charge >= 0.3 is 0 Å². The zero-order valence-corrected chi connectivity index (χ0v) is 8.86. The van der Waals surface area contributed by atoms with Crippen LogP contribution in [0.25, 0.3) is 0 Å². The summed E-state index contributed by atoms with van der Waals surface area (Å²) in [7, 11) is 0. The minimum absolute atomic E-state index is 0.201. The van der Waals surface area contributed by atoms with Crippen LogP contribution in [0.2, 0.25) is 0 Å². The van der Waals surface area contributed by atoms with Gasteiger partial charge in [0.25, 0.3) is 5.91 Å². The Morgan fingerprint density at radius 3 is 3.07 bits per heavy atom. The third kappa shape index (κ3) is 4.20. The lowest BCUT2D eigenvalue weighted by molar-refractivity contribution is -0.122. The molecule has 15 heavy (non-hydrogen) atoms. The van der Waals surface area contributed by atoms with E-state index in [4.69, 9.17) is 9.47 Å². The van der Waals surface area contributed by atoms with Gasteiger partial charge in [0.2, 0.25) is 5.76 Å². The van der Waals surface area contributed by atoms with Gasteiger partial charge in [0, 0.05) is 6.54 Å². The standard InChI is InChI=1S/C10H17NO4/c1-2-8(12)3-4-11-10(13)9-7-14-5-6-15-9/h7-8,12H,2-6H2,1H3,(H,11,13). The van der Waals surface area contributed by atoms with Crippen LogP contribution >= 0.6 is 0 Å². The van der Waals surface area contributed by atoms with Crippen LogP contribution in [-0.4, -0.2) is 36.9 Å². The second kappa shape index (κ2) is 6.29. The summed E-state index contributed by atoms with van der Waals surface area (Å²) in [6, 6.07) is 0. The monoisotopic (exact) mass is 215 g/mol. The van der Waals surface area contributed by atoms with Gasteiger partial charge in [-0.3, -0.25) is 4.79 Å². The molecule has 1 aliphatic heterocycles. The van der Waals surface area contributed by atoms with Gasteiger partial charge < -0.3 is 19.9 Å². The summed E-state index contributed by atoms with van der Waals surface area (Å²) in [5.74, 6) is -0.0924. The number of carbonyl (C=O) groups is 1. The van der Waals surface area contributed by atoms with Gasteiger partial charge in [0.1, 0.15) is 19.5 Å². The molecule has 0 spiro atoms. The minimum atomic E-state index is -0.359. The molecule has 0 radical (unpaired) electrons. The Bertz CT molecular complexity index is 240. The van der Waals surface area contributed by atoms with Crippen LogP contribution in [0.5, 0.6) is 0 Å². The van der Waals surface area contributed by atoms with Crippen LogP contribution in [0, 0.1) is 0 Å². The summed E-state index contributed by atoms with van der Waals surface area (Å²) >= 11 is 0. The smallest absolute Gasteiger partial charge is 0.289 e. The van der Waals surface area contributed by atoms with Gasteiger partial charge in [-0.25, -0.2) is 0 Å². The highest BCUT2D eigenvalue weighted by Gasteiger charge is 2.14. The Morgan fingerprint density at radius 1 is 1.67 bits per heavy atom. The third-order valence-electron chi connectivity index (χ3n) is 2.11. The number of hydrogen-bond acceptors (Lipinski definition) is 4. The lowest BCUT2D eigenvalue weighted by Crippen LogP contribution is -2.30. The van der Waals surface area contributed by atoms with Crippen LogP contribution in [0.4, 0.5) is 0 Å². The van der Waals surface area contributed by atoms with Gasteiger partial charge in [0.15, 0.2) is 0 Å². The van der Waals surface area contributed by atoms with Gasteiger partial charge in [-0.1, -0.05) is 6.92 Å². The maximum Gasteiger partial charge on any atom is 0.289 e. The highest BCUT2D eigenvalue weighted by Crippen LogP contribution is 2.04. The van der Waals surface area contributed by atoms with E-state index in [9.17, 15) is 9.90 Å². The highest BCUT2D eigenvalue weighted by molar-refractivity contribution is 5.91. The third-order valence-corrected chi connectivity index (χ3v) is 2.11. The number of aliphatic hydroxyl groups is 1. The molecular weight excluding hydrogens is 198 g/mol. The predicted octanol–water partition coefficient (Wildman–Crippen LogP) is 0.152. The van der Waals surface area contributed by atoms with Crippen molar-refractivity contribution in [3.05, 3.63) is 12.0 Å². The summed E-state index contributed by atoms with van der Waals surface area (Å²) < 4.78 is 10.0. The van der Waals surface area contributed by atoms with Crippen LogP contribution < -0.4 is 5.32 Å². The van der Waals surface area contributed by atoms with Crippen molar-refractivity contribution in [1.82, 2.24) is 5.32 Å². The second-order valence-corrected chi connectivity index (χ2v) is 3.31. The van der Waals surface area contributed by atoms with Crippen LogP contribution in [0.3, 0.4) is 0 Å². The molecule has 1 atom stereocenters. The van der Waals surface area contributed by atoms with E-state index in [1.54, 1.807) is 0 Å². The Hall–Kier alpha value is -1.23. The second-order valence-electron chi connectivity index (χ2n) is 3.31. The number of amides is 1. The summed E-state index contributed by atoms with van der Waals surface area (Å²) in [6.45, 7) is 3.21.